The smallest absolute Gasteiger partial charge is 0.411 e. The fraction of sp³-hybridized carbons (Fsp3) is 0.481. The minimum atomic E-state index is -1.17. The van der Waals surface area contributed by atoms with Crippen molar-refractivity contribution >= 4 is 19.9 Å². The van der Waals surface area contributed by atoms with Crippen molar-refractivity contribution in [1.82, 2.24) is 19.7 Å². The number of amides is 1. The molecule has 3 aromatic rings. The number of nitrogens with zero attached hydrogens (tertiary/aromatic N) is 4. The third-order valence-electron chi connectivity index (χ3n) is 6.47. The Hall–Kier alpha value is -3.24. The van der Waals surface area contributed by atoms with Gasteiger partial charge in [0.05, 0.1) is 0 Å². The summed E-state index contributed by atoms with van der Waals surface area (Å²) in [5.41, 5.74) is 2.51. The number of phenols is 1. The maximum Gasteiger partial charge on any atom is 0.411 e. The predicted octanol–water partition coefficient (Wildman–Crippen LogP) is 6.30. The number of pyridine rings is 1. The van der Waals surface area contributed by atoms with Crippen LogP contribution >= 0.6 is 0 Å². The molecule has 0 unspecified atom stereocenters. The fourth-order valence-corrected chi connectivity index (χ4v) is 5.08. The molecule has 1 saturated carbocycles. The number of aromatic hydroxyl groups is 1. The standard InChI is InChI=1S/C27H37N5O4Si/c1-37(2,3)13-12-35-19-32-18-29-31-26(32)21-14-20(16-28-17-21)24-15-22(10-11-25(24)33)30-27(34)36-23-8-6-4-5-7-9-23/h10-11,14-18,23,33H,4-9,12-13,19H2,1-3H3,(H,30,34). The van der Waals surface area contributed by atoms with E-state index >= 15 is 0 Å². The van der Waals surface area contributed by atoms with Crippen LogP contribution in [-0.2, 0) is 16.2 Å². The van der Waals surface area contributed by atoms with Crippen molar-refractivity contribution in [3.05, 3.63) is 43.0 Å². The first-order valence-electron chi connectivity index (χ1n) is 13.0. The molecular formula is C27H37N5O4Si. The van der Waals surface area contributed by atoms with E-state index < -0.39 is 14.2 Å². The van der Waals surface area contributed by atoms with Crippen molar-refractivity contribution in [2.75, 3.05) is 11.9 Å². The summed E-state index contributed by atoms with van der Waals surface area (Å²) in [5.74, 6) is 0.709. The molecule has 0 saturated heterocycles. The summed E-state index contributed by atoms with van der Waals surface area (Å²) in [7, 11) is -1.17. The third kappa shape index (κ3) is 7.87. The van der Waals surface area contributed by atoms with Crippen LogP contribution in [0.15, 0.2) is 43.0 Å². The number of phenolic OH excluding ortho intramolecular Hbond substituents is 1. The highest BCUT2D eigenvalue weighted by atomic mass is 28.3. The lowest BCUT2D eigenvalue weighted by atomic mass is 10.0. The van der Waals surface area contributed by atoms with Gasteiger partial charge in [-0.25, -0.2) is 4.79 Å². The Kier molecular flexibility index (Phi) is 8.94. The quantitative estimate of drug-likeness (QED) is 0.147. The number of anilines is 1. The van der Waals surface area contributed by atoms with Gasteiger partial charge in [0.2, 0.25) is 0 Å². The van der Waals surface area contributed by atoms with Crippen LogP contribution < -0.4 is 5.32 Å². The highest BCUT2D eigenvalue weighted by Gasteiger charge is 2.18. The van der Waals surface area contributed by atoms with Crippen molar-refractivity contribution in [2.24, 2.45) is 0 Å². The number of hydrogen-bond acceptors (Lipinski definition) is 7. The molecule has 37 heavy (non-hydrogen) atoms. The van der Waals surface area contributed by atoms with Gasteiger partial charge in [-0.3, -0.25) is 14.9 Å². The summed E-state index contributed by atoms with van der Waals surface area (Å²) in [6.07, 6.45) is 10.9. The topological polar surface area (TPSA) is 111 Å². The van der Waals surface area contributed by atoms with Crippen molar-refractivity contribution in [3.63, 3.8) is 0 Å². The Morgan fingerprint density at radius 3 is 2.62 bits per heavy atom. The molecule has 198 valence electrons. The van der Waals surface area contributed by atoms with Crippen LogP contribution in [0, 0.1) is 0 Å². The number of nitrogens with one attached hydrogen (secondary N) is 1. The number of hydrogen-bond donors (Lipinski definition) is 2. The molecule has 1 fully saturated rings. The Bertz CT molecular complexity index is 1190. The number of ether oxygens (including phenoxy) is 2. The third-order valence-corrected chi connectivity index (χ3v) is 8.17. The molecule has 1 aromatic carbocycles. The van der Waals surface area contributed by atoms with E-state index in [1.807, 2.05) is 10.6 Å². The number of benzene rings is 1. The molecule has 0 spiro atoms. The van der Waals surface area contributed by atoms with Gasteiger partial charge in [0, 0.05) is 49.5 Å². The molecule has 0 radical (unpaired) electrons. The van der Waals surface area contributed by atoms with Gasteiger partial charge in [-0.1, -0.05) is 32.5 Å². The summed E-state index contributed by atoms with van der Waals surface area (Å²) >= 11 is 0. The summed E-state index contributed by atoms with van der Waals surface area (Å²) in [4.78, 5) is 16.9. The summed E-state index contributed by atoms with van der Waals surface area (Å²) in [6.45, 7) is 8.00. The first kappa shape index (κ1) is 26.8. The Balaban J connectivity index is 1.46. The highest BCUT2D eigenvalue weighted by molar-refractivity contribution is 6.76. The minimum Gasteiger partial charge on any atom is -0.507 e. The van der Waals surface area contributed by atoms with E-state index in [2.05, 4.69) is 40.1 Å². The molecule has 1 amide bonds. The summed E-state index contributed by atoms with van der Waals surface area (Å²) in [5, 5.41) is 21.7. The lowest BCUT2D eigenvalue weighted by Crippen LogP contribution is -2.22. The zero-order valence-corrected chi connectivity index (χ0v) is 22.9. The number of carbonyl (C=O) groups is 1. The molecule has 9 nitrogen and oxygen atoms in total. The molecule has 0 atom stereocenters. The van der Waals surface area contributed by atoms with E-state index in [9.17, 15) is 9.90 Å². The molecule has 10 heteroatoms. The SMILES string of the molecule is C[Si](C)(C)CCOCn1cnnc1-c1cncc(-c2cc(NC(=O)OC3CCCCCC3)ccc2O)c1. The van der Waals surface area contributed by atoms with Gasteiger partial charge in [-0.2, -0.15) is 0 Å². The van der Waals surface area contributed by atoms with Crippen LogP contribution in [0.3, 0.4) is 0 Å². The Morgan fingerprint density at radius 1 is 1.11 bits per heavy atom. The highest BCUT2D eigenvalue weighted by Crippen LogP contribution is 2.33. The largest absolute Gasteiger partial charge is 0.507 e. The van der Waals surface area contributed by atoms with Crippen LogP contribution in [-0.4, -0.2) is 51.7 Å². The van der Waals surface area contributed by atoms with E-state index in [0.717, 1.165) is 37.3 Å². The van der Waals surface area contributed by atoms with Gasteiger partial charge in [0.25, 0.3) is 0 Å². The lowest BCUT2D eigenvalue weighted by Gasteiger charge is -2.16. The van der Waals surface area contributed by atoms with E-state index in [0.29, 0.717) is 36.0 Å². The van der Waals surface area contributed by atoms with Gasteiger partial charge in [0.15, 0.2) is 5.82 Å². The number of carbonyl (C=O) groups excluding carboxylic acids is 1. The van der Waals surface area contributed by atoms with E-state index in [1.165, 1.54) is 12.8 Å². The first-order valence-corrected chi connectivity index (χ1v) is 16.7. The van der Waals surface area contributed by atoms with E-state index in [1.54, 1.807) is 36.9 Å². The van der Waals surface area contributed by atoms with Crippen molar-refractivity contribution in [1.29, 1.82) is 0 Å². The number of rotatable bonds is 9. The molecule has 2 heterocycles. The molecule has 1 aliphatic rings. The minimum absolute atomic E-state index is 0.0446. The molecule has 1 aliphatic carbocycles. The average Bonchev–Trinajstić information content (AvgIpc) is 3.18. The second-order valence-electron chi connectivity index (χ2n) is 10.8. The van der Waals surface area contributed by atoms with Crippen LogP contribution in [0.2, 0.25) is 25.7 Å². The zero-order chi connectivity index (χ0) is 26.3. The molecule has 2 N–H and O–H groups in total. The average molecular weight is 524 g/mol. The zero-order valence-electron chi connectivity index (χ0n) is 21.9. The molecule has 0 bridgehead atoms. The molecule has 2 aromatic heterocycles. The molecule has 0 aliphatic heterocycles. The Morgan fingerprint density at radius 2 is 1.86 bits per heavy atom. The van der Waals surface area contributed by atoms with Crippen LogP contribution in [0.5, 0.6) is 5.75 Å². The Labute approximate surface area is 219 Å². The fourth-order valence-electron chi connectivity index (χ4n) is 4.33. The van der Waals surface area contributed by atoms with Gasteiger partial charge >= 0.3 is 6.09 Å². The van der Waals surface area contributed by atoms with Gasteiger partial charge in [-0.05, 0) is 56.0 Å². The second-order valence-corrected chi connectivity index (χ2v) is 16.4. The van der Waals surface area contributed by atoms with Crippen molar-refractivity contribution in [3.8, 4) is 28.3 Å². The monoisotopic (exact) mass is 523 g/mol. The first-order chi connectivity index (χ1) is 17.8. The number of aromatic nitrogens is 4. The summed E-state index contributed by atoms with van der Waals surface area (Å²) in [6, 6.07) is 7.89. The maximum atomic E-state index is 12.5. The predicted molar refractivity (Wildman–Crippen MR) is 146 cm³/mol. The van der Waals surface area contributed by atoms with Crippen molar-refractivity contribution < 1.29 is 19.4 Å². The van der Waals surface area contributed by atoms with E-state index in [4.69, 9.17) is 9.47 Å². The van der Waals surface area contributed by atoms with Crippen LogP contribution in [0.25, 0.3) is 22.5 Å². The van der Waals surface area contributed by atoms with E-state index in [-0.39, 0.29) is 11.9 Å². The second kappa shape index (κ2) is 12.3. The molecular weight excluding hydrogens is 486 g/mol. The lowest BCUT2D eigenvalue weighted by molar-refractivity contribution is 0.0880. The normalized spacial score (nSPS) is 14.8. The summed E-state index contributed by atoms with van der Waals surface area (Å²) < 4.78 is 13.3. The van der Waals surface area contributed by atoms with Crippen LogP contribution in [0.4, 0.5) is 10.5 Å². The van der Waals surface area contributed by atoms with Gasteiger partial charge in [0.1, 0.15) is 24.9 Å². The van der Waals surface area contributed by atoms with Crippen molar-refractivity contribution in [2.45, 2.75) is 77.0 Å². The van der Waals surface area contributed by atoms with Gasteiger partial charge in [-0.15, -0.1) is 10.2 Å². The molecule has 4 rings (SSSR count). The maximum absolute atomic E-state index is 12.5. The van der Waals surface area contributed by atoms with Gasteiger partial charge < -0.3 is 14.6 Å². The van der Waals surface area contributed by atoms with Crippen LogP contribution in [0.1, 0.15) is 38.5 Å².